The molecule has 0 aliphatic carbocycles. The number of hydrogen-bond acceptors (Lipinski definition) is 1. The predicted octanol–water partition coefficient (Wildman–Crippen LogP) is 3.62. The van der Waals surface area contributed by atoms with Crippen molar-refractivity contribution in [1.29, 1.82) is 0 Å². The van der Waals surface area contributed by atoms with Crippen LogP contribution in [0.1, 0.15) is 40.5 Å². The fraction of sp³-hybridized carbons (Fsp3) is 1.00. The molecule has 0 aromatic heterocycles. The largest absolute Gasteiger partial charge is 0.303 e. The van der Waals surface area contributed by atoms with Crippen LogP contribution in [0.5, 0.6) is 0 Å². The van der Waals surface area contributed by atoms with E-state index in [4.69, 9.17) is 11.6 Å². The van der Waals surface area contributed by atoms with Crippen LogP contribution in [-0.4, -0.2) is 30.4 Å². The zero-order valence-corrected chi connectivity index (χ0v) is 11.0. The molecule has 0 radical (unpaired) electrons. The van der Waals surface area contributed by atoms with Gasteiger partial charge in [0.05, 0.1) is 0 Å². The van der Waals surface area contributed by atoms with Crippen LogP contribution in [0, 0.1) is 11.8 Å². The number of alkyl halides is 1. The molecule has 2 heteroatoms. The summed E-state index contributed by atoms with van der Waals surface area (Å²) in [5.74, 6) is 2.25. The SMILES string of the molecule is CCC(CC)CN(CC)CC(C)CCl. The van der Waals surface area contributed by atoms with E-state index >= 15 is 0 Å². The number of halogens is 1. The van der Waals surface area contributed by atoms with E-state index in [1.165, 1.54) is 19.4 Å². The molecule has 0 bridgehead atoms. The van der Waals surface area contributed by atoms with Gasteiger partial charge in [-0.05, 0) is 18.4 Å². The van der Waals surface area contributed by atoms with Gasteiger partial charge in [0.1, 0.15) is 0 Å². The first-order chi connectivity index (χ1) is 6.67. The lowest BCUT2D eigenvalue weighted by atomic mass is 10.0. The first-order valence-corrected chi connectivity index (χ1v) is 6.49. The second-order valence-corrected chi connectivity index (χ2v) is 4.60. The van der Waals surface area contributed by atoms with Crippen LogP contribution in [-0.2, 0) is 0 Å². The molecule has 1 atom stereocenters. The Kier molecular flexibility index (Phi) is 8.70. The highest BCUT2D eigenvalue weighted by atomic mass is 35.5. The monoisotopic (exact) mass is 219 g/mol. The lowest BCUT2D eigenvalue weighted by Gasteiger charge is -2.27. The van der Waals surface area contributed by atoms with Crippen molar-refractivity contribution in [2.24, 2.45) is 11.8 Å². The summed E-state index contributed by atoms with van der Waals surface area (Å²) in [5.41, 5.74) is 0. The molecule has 0 spiro atoms. The van der Waals surface area contributed by atoms with Crippen molar-refractivity contribution in [2.45, 2.75) is 40.5 Å². The van der Waals surface area contributed by atoms with E-state index in [1.807, 2.05) is 0 Å². The van der Waals surface area contributed by atoms with Crippen LogP contribution in [0.2, 0.25) is 0 Å². The van der Waals surface area contributed by atoms with Crippen LogP contribution in [0.15, 0.2) is 0 Å². The van der Waals surface area contributed by atoms with E-state index in [-0.39, 0.29) is 0 Å². The van der Waals surface area contributed by atoms with Crippen molar-refractivity contribution in [2.75, 3.05) is 25.5 Å². The van der Waals surface area contributed by atoms with Crippen LogP contribution in [0.3, 0.4) is 0 Å². The number of hydrogen-bond donors (Lipinski definition) is 0. The molecule has 0 aliphatic heterocycles. The lowest BCUT2D eigenvalue weighted by Crippen LogP contribution is -2.33. The Balaban J connectivity index is 3.88. The highest BCUT2D eigenvalue weighted by Crippen LogP contribution is 2.11. The first kappa shape index (κ1) is 14.2. The van der Waals surface area contributed by atoms with Gasteiger partial charge in [-0.2, -0.15) is 0 Å². The van der Waals surface area contributed by atoms with E-state index in [9.17, 15) is 0 Å². The molecular formula is C12H26ClN. The third-order valence-electron chi connectivity index (χ3n) is 2.95. The quantitative estimate of drug-likeness (QED) is 0.564. The summed E-state index contributed by atoms with van der Waals surface area (Å²) in [5, 5.41) is 0. The summed E-state index contributed by atoms with van der Waals surface area (Å²) in [7, 11) is 0. The van der Waals surface area contributed by atoms with E-state index in [1.54, 1.807) is 0 Å². The maximum absolute atomic E-state index is 5.83. The summed E-state index contributed by atoms with van der Waals surface area (Å²) in [6.07, 6.45) is 2.59. The number of nitrogens with zero attached hydrogens (tertiary/aromatic N) is 1. The molecule has 0 rings (SSSR count). The fourth-order valence-corrected chi connectivity index (χ4v) is 1.83. The highest BCUT2D eigenvalue weighted by Gasteiger charge is 2.12. The summed E-state index contributed by atoms with van der Waals surface area (Å²) in [6.45, 7) is 12.6. The smallest absolute Gasteiger partial charge is 0.0261 e. The molecule has 0 fully saturated rings. The van der Waals surface area contributed by atoms with Crippen molar-refractivity contribution in [3.63, 3.8) is 0 Å². The Hall–Kier alpha value is 0.250. The van der Waals surface area contributed by atoms with Crippen molar-refractivity contribution >= 4 is 11.6 Å². The van der Waals surface area contributed by atoms with Gasteiger partial charge in [0.15, 0.2) is 0 Å². The van der Waals surface area contributed by atoms with E-state index < -0.39 is 0 Å². The van der Waals surface area contributed by atoms with Gasteiger partial charge in [0.25, 0.3) is 0 Å². The Bertz CT molecular complexity index is 123. The van der Waals surface area contributed by atoms with Gasteiger partial charge in [-0.25, -0.2) is 0 Å². The molecule has 1 nitrogen and oxygen atoms in total. The van der Waals surface area contributed by atoms with Crippen molar-refractivity contribution in [3.8, 4) is 0 Å². The van der Waals surface area contributed by atoms with Gasteiger partial charge >= 0.3 is 0 Å². The maximum Gasteiger partial charge on any atom is 0.0261 e. The standard InChI is InChI=1S/C12H26ClN/c1-5-12(6-2)10-14(7-3)9-11(4)8-13/h11-12H,5-10H2,1-4H3. The molecule has 86 valence electrons. The van der Waals surface area contributed by atoms with Crippen LogP contribution < -0.4 is 0 Å². The molecule has 0 amide bonds. The summed E-state index contributed by atoms with van der Waals surface area (Å²) >= 11 is 5.83. The van der Waals surface area contributed by atoms with Gasteiger partial charge in [-0.15, -0.1) is 11.6 Å². The zero-order chi connectivity index (χ0) is 11.0. The zero-order valence-electron chi connectivity index (χ0n) is 10.2. The van der Waals surface area contributed by atoms with Crippen LogP contribution in [0.25, 0.3) is 0 Å². The third kappa shape index (κ3) is 5.87. The maximum atomic E-state index is 5.83. The Morgan fingerprint density at radius 1 is 1.07 bits per heavy atom. The molecule has 0 aromatic carbocycles. The van der Waals surface area contributed by atoms with E-state index in [0.29, 0.717) is 5.92 Å². The number of rotatable bonds is 8. The van der Waals surface area contributed by atoms with Crippen LogP contribution in [0.4, 0.5) is 0 Å². The second kappa shape index (κ2) is 8.55. The second-order valence-electron chi connectivity index (χ2n) is 4.29. The summed E-state index contributed by atoms with van der Waals surface area (Å²) in [6, 6.07) is 0. The fourth-order valence-electron chi connectivity index (χ4n) is 1.73. The molecule has 0 heterocycles. The average molecular weight is 220 g/mol. The van der Waals surface area contributed by atoms with Crippen LogP contribution >= 0.6 is 11.6 Å². The Morgan fingerprint density at radius 2 is 1.64 bits per heavy atom. The lowest BCUT2D eigenvalue weighted by molar-refractivity contribution is 0.212. The third-order valence-corrected chi connectivity index (χ3v) is 3.48. The molecule has 0 saturated carbocycles. The minimum Gasteiger partial charge on any atom is -0.303 e. The molecular weight excluding hydrogens is 194 g/mol. The van der Waals surface area contributed by atoms with Gasteiger partial charge in [0, 0.05) is 19.0 Å². The molecule has 0 aromatic rings. The minimum absolute atomic E-state index is 0.617. The highest BCUT2D eigenvalue weighted by molar-refractivity contribution is 6.18. The topological polar surface area (TPSA) is 3.24 Å². The summed E-state index contributed by atoms with van der Waals surface area (Å²) in [4.78, 5) is 2.53. The molecule has 0 aliphatic rings. The Morgan fingerprint density at radius 3 is 2.00 bits per heavy atom. The van der Waals surface area contributed by atoms with Gasteiger partial charge in [-0.1, -0.05) is 40.5 Å². The molecule has 1 unspecified atom stereocenters. The van der Waals surface area contributed by atoms with E-state index in [0.717, 1.165) is 24.9 Å². The molecule has 0 N–H and O–H groups in total. The first-order valence-electron chi connectivity index (χ1n) is 5.96. The van der Waals surface area contributed by atoms with Crippen molar-refractivity contribution < 1.29 is 0 Å². The van der Waals surface area contributed by atoms with Crippen molar-refractivity contribution in [1.82, 2.24) is 4.90 Å². The molecule has 14 heavy (non-hydrogen) atoms. The van der Waals surface area contributed by atoms with E-state index in [2.05, 4.69) is 32.6 Å². The minimum atomic E-state index is 0.617. The predicted molar refractivity (Wildman–Crippen MR) is 66.1 cm³/mol. The average Bonchev–Trinajstić information content (AvgIpc) is 2.23. The normalized spacial score (nSPS) is 13.9. The van der Waals surface area contributed by atoms with Gasteiger partial charge in [-0.3, -0.25) is 0 Å². The molecule has 0 saturated heterocycles. The Labute approximate surface area is 94.8 Å². The van der Waals surface area contributed by atoms with Gasteiger partial charge in [0.2, 0.25) is 0 Å². The summed E-state index contributed by atoms with van der Waals surface area (Å²) < 4.78 is 0. The van der Waals surface area contributed by atoms with Gasteiger partial charge < -0.3 is 4.90 Å². The van der Waals surface area contributed by atoms with Crippen molar-refractivity contribution in [3.05, 3.63) is 0 Å².